The number of nitrogens with one attached hydrogen (secondary N) is 1. The van der Waals surface area contributed by atoms with Crippen LogP contribution in [0.15, 0.2) is 42.5 Å². The highest BCUT2D eigenvalue weighted by Gasteiger charge is 2.79. The minimum atomic E-state index is -1.61. The van der Waals surface area contributed by atoms with Gasteiger partial charge in [-0.15, -0.1) is 0 Å². The van der Waals surface area contributed by atoms with Crippen molar-refractivity contribution in [3.63, 3.8) is 0 Å². The predicted octanol–water partition coefficient (Wildman–Crippen LogP) is 2.42. The average Bonchev–Trinajstić information content (AvgIpc) is 3.04. The Kier molecular flexibility index (Phi) is 3.48. The van der Waals surface area contributed by atoms with E-state index in [1.807, 2.05) is 48.2 Å². The van der Waals surface area contributed by atoms with Crippen molar-refractivity contribution >= 4 is 11.6 Å². The van der Waals surface area contributed by atoms with Gasteiger partial charge in [-0.3, -0.25) is 19.8 Å². The Labute approximate surface area is 162 Å². The van der Waals surface area contributed by atoms with Gasteiger partial charge in [-0.05, 0) is 31.2 Å². The number of carbonyl (C=O) groups is 1. The number of ether oxygens (including phenoxy) is 1. The van der Waals surface area contributed by atoms with Gasteiger partial charge in [-0.2, -0.15) is 0 Å². The van der Waals surface area contributed by atoms with E-state index in [2.05, 4.69) is 5.32 Å². The number of likely N-dealkylation sites (N-methyl/N-ethyl adjacent to an activating group) is 1. The Bertz CT molecular complexity index is 1020. The molecule has 0 aliphatic carbocycles. The van der Waals surface area contributed by atoms with E-state index in [0.29, 0.717) is 24.4 Å². The van der Waals surface area contributed by atoms with Crippen LogP contribution < -0.4 is 5.32 Å². The first-order valence-corrected chi connectivity index (χ1v) is 9.37. The van der Waals surface area contributed by atoms with Crippen LogP contribution in [0.3, 0.4) is 0 Å². The molecule has 1 spiro atoms. The molecule has 1 saturated heterocycles. The lowest BCUT2D eigenvalue weighted by atomic mass is 9.67. The average molecular weight is 379 g/mol. The number of nitro groups is 1. The number of anilines is 1. The molecule has 0 radical (unpaired) electrons. The molecule has 3 heterocycles. The van der Waals surface area contributed by atoms with Crippen LogP contribution in [0.25, 0.3) is 0 Å². The van der Waals surface area contributed by atoms with Crippen molar-refractivity contribution in [2.75, 3.05) is 25.5 Å². The highest BCUT2D eigenvalue weighted by Crippen LogP contribution is 2.59. The summed E-state index contributed by atoms with van der Waals surface area (Å²) in [5.41, 5.74) is 1.21. The summed E-state index contributed by atoms with van der Waals surface area (Å²) in [6.07, 6.45) is 0. The first-order valence-electron chi connectivity index (χ1n) is 9.37. The SMILES string of the molecule is Cc1ccc2c(c1)COC[C@]1([N+](=O)[O-])[C@H]2CN(C)C12C(=O)Nc1ccccc12. The molecule has 0 bridgehead atoms. The molecule has 7 heteroatoms. The van der Waals surface area contributed by atoms with Gasteiger partial charge in [0.05, 0.1) is 12.5 Å². The summed E-state index contributed by atoms with van der Waals surface area (Å²) in [5, 5.41) is 15.7. The van der Waals surface area contributed by atoms with E-state index < -0.39 is 17.0 Å². The van der Waals surface area contributed by atoms with Crippen LogP contribution in [0, 0.1) is 17.0 Å². The lowest BCUT2D eigenvalue weighted by Crippen LogP contribution is -2.65. The second kappa shape index (κ2) is 5.62. The third-order valence-corrected chi connectivity index (χ3v) is 6.71. The molecule has 1 amide bonds. The molecule has 3 aliphatic heterocycles. The van der Waals surface area contributed by atoms with E-state index in [0.717, 1.165) is 16.7 Å². The van der Waals surface area contributed by atoms with Crippen molar-refractivity contribution in [2.24, 2.45) is 0 Å². The largest absolute Gasteiger partial charge is 0.369 e. The topological polar surface area (TPSA) is 84.7 Å². The maximum Gasteiger partial charge on any atom is 0.284 e. The van der Waals surface area contributed by atoms with E-state index in [1.165, 1.54) is 0 Å². The van der Waals surface area contributed by atoms with Gasteiger partial charge in [0.25, 0.3) is 11.4 Å². The quantitative estimate of drug-likeness (QED) is 0.608. The number of fused-ring (bicyclic) bond motifs is 6. The van der Waals surface area contributed by atoms with Gasteiger partial charge < -0.3 is 10.1 Å². The zero-order valence-electron chi connectivity index (χ0n) is 15.8. The van der Waals surface area contributed by atoms with Crippen LogP contribution >= 0.6 is 0 Å². The number of likely N-dealkylation sites (tertiary alicyclic amines) is 1. The zero-order chi connectivity index (χ0) is 19.7. The normalized spacial score (nSPS) is 31.1. The number of benzene rings is 2. The lowest BCUT2D eigenvalue weighted by molar-refractivity contribution is -0.587. The molecule has 7 nitrogen and oxygen atoms in total. The molecule has 1 N–H and O–H groups in total. The summed E-state index contributed by atoms with van der Waals surface area (Å²) in [7, 11) is 1.80. The Morgan fingerprint density at radius 2 is 2.07 bits per heavy atom. The molecular weight excluding hydrogens is 358 g/mol. The molecule has 5 rings (SSSR count). The van der Waals surface area contributed by atoms with E-state index in [4.69, 9.17) is 4.74 Å². The van der Waals surface area contributed by atoms with Gasteiger partial charge >= 0.3 is 0 Å². The third kappa shape index (κ3) is 1.83. The molecule has 3 aliphatic rings. The first-order chi connectivity index (χ1) is 13.4. The number of para-hydroxylation sites is 1. The summed E-state index contributed by atoms with van der Waals surface area (Å²) in [5.74, 6) is -0.808. The van der Waals surface area contributed by atoms with Gasteiger partial charge in [0.1, 0.15) is 6.61 Å². The van der Waals surface area contributed by atoms with Crippen LogP contribution in [0.1, 0.15) is 28.2 Å². The summed E-state index contributed by atoms with van der Waals surface area (Å²) < 4.78 is 5.90. The minimum absolute atomic E-state index is 0.121. The Morgan fingerprint density at radius 3 is 2.86 bits per heavy atom. The van der Waals surface area contributed by atoms with Crippen LogP contribution in [-0.4, -0.2) is 41.5 Å². The summed E-state index contributed by atoms with van der Waals surface area (Å²) >= 11 is 0. The van der Waals surface area contributed by atoms with Gasteiger partial charge in [0, 0.05) is 22.7 Å². The smallest absolute Gasteiger partial charge is 0.284 e. The van der Waals surface area contributed by atoms with E-state index in [-0.39, 0.29) is 17.4 Å². The fourth-order valence-corrected chi connectivity index (χ4v) is 5.58. The number of nitrogens with zero attached hydrogens (tertiary/aromatic N) is 2. The van der Waals surface area contributed by atoms with Gasteiger partial charge in [0.2, 0.25) is 5.54 Å². The lowest BCUT2D eigenvalue weighted by Gasteiger charge is -2.38. The van der Waals surface area contributed by atoms with Crippen LogP contribution in [-0.2, 0) is 21.7 Å². The van der Waals surface area contributed by atoms with E-state index >= 15 is 0 Å². The number of hydrogen-bond acceptors (Lipinski definition) is 5. The second-order valence-corrected chi connectivity index (χ2v) is 8.02. The van der Waals surface area contributed by atoms with Crippen molar-refractivity contribution in [1.82, 2.24) is 4.90 Å². The molecule has 2 aromatic rings. The van der Waals surface area contributed by atoms with Crippen LogP contribution in [0.4, 0.5) is 5.69 Å². The van der Waals surface area contributed by atoms with Gasteiger partial charge in [-0.1, -0.05) is 42.0 Å². The maximum absolute atomic E-state index is 13.4. The fraction of sp³-hybridized carbons (Fsp3) is 0.381. The maximum atomic E-state index is 13.4. The molecule has 144 valence electrons. The van der Waals surface area contributed by atoms with Crippen molar-refractivity contribution < 1.29 is 14.5 Å². The number of hydrogen-bond donors (Lipinski definition) is 1. The Balaban J connectivity index is 1.83. The molecule has 28 heavy (non-hydrogen) atoms. The molecular formula is C21H21N3O4. The molecule has 2 aromatic carbocycles. The Hall–Kier alpha value is -2.77. The summed E-state index contributed by atoms with van der Waals surface area (Å²) in [6, 6.07) is 13.2. The highest BCUT2D eigenvalue weighted by atomic mass is 16.6. The van der Waals surface area contributed by atoms with Crippen molar-refractivity contribution in [3.05, 3.63) is 74.8 Å². The van der Waals surface area contributed by atoms with Gasteiger partial charge in [-0.25, -0.2) is 0 Å². The van der Waals surface area contributed by atoms with E-state index in [9.17, 15) is 14.9 Å². The molecule has 1 unspecified atom stereocenters. The standard InChI is InChI=1S/C21H21N3O4/c1-13-7-8-15-14(9-13)11-28-12-20(24(26)27)17(15)10-23(2)21(20)16-5-3-4-6-18(16)22-19(21)25/h3-9,17H,10-12H2,1-2H3,(H,22,25)/t17-,20-,21?/m0/s1. The number of rotatable bonds is 1. The molecule has 0 saturated carbocycles. The second-order valence-electron chi connectivity index (χ2n) is 8.02. The first kappa shape index (κ1) is 17.3. The summed E-state index contributed by atoms with van der Waals surface area (Å²) in [6.45, 7) is 2.59. The fourth-order valence-electron chi connectivity index (χ4n) is 5.58. The molecule has 3 atom stereocenters. The van der Waals surface area contributed by atoms with Crippen molar-refractivity contribution in [3.8, 4) is 0 Å². The van der Waals surface area contributed by atoms with E-state index in [1.54, 1.807) is 13.1 Å². The van der Waals surface area contributed by atoms with Gasteiger partial charge in [0.15, 0.2) is 0 Å². The highest BCUT2D eigenvalue weighted by molar-refractivity contribution is 6.07. The van der Waals surface area contributed by atoms with Crippen LogP contribution in [0.2, 0.25) is 0 Å². The number of carbonyl (C=O) groups excluding carboxylic acids is 1. The van der Waals surface area contributed by atoms with Crippen LogP contribution in [0.5, 0.6) is 0 Å². The molecule has 0 aromatic heterocycles. The minimum Gasteiger partial charge on any atom is -0.369 e. The summed E-state index contributed by atoms with van der Waals surface area (Å²) in [4.78, 5) is 27.7. The number of amides is 1. The van der Waals surface area contributed by atoms with Crippen molar-refractivity contribution in [2.45, 2.75) is 30.5 Å². The zero-order valence-corrected chi connectivity index (χ0v) is 15.8. The van der Waals surface area contributed by atoms with Crippen molar-refractivity contribution in [1.29, 1.82) is 0 Å². The third-order valence-electron chi connectivity index (χ3n) is 6.71. The predicted molar refractivity (Wildman–Crippen MR) is 103 cm³/mol. The Morgan fingerprint density at radius 1 is 1.29 bits per heavy atom. The monoisotopic (exact) mass is 379 g/mol. The number of aryl methyl sites for hydroxylation is 1. The molecule has 1 fully saturated rings.